The molecular weight excluding hydrogens is 186 g/mol. The topological polar surface area (TPSA) is 32.9 Å². The van der Waals surface area contributed by atoms with Gasteiger partial charge in [0.2, 0.25) is 0 Å². The van der Waals surface area contributed by atoms with E-state index in [9.17, 15) is 4.79 Å². The highest BCUT2D eigenvalue weighted by Crippen LogP contribution is 2.16. The number of hydrogen-bond acceptors (Lipinski definition) is 1. The summed E-state index contributed by atoms with van der Waals surface area (Å²) >= 11 is 0. The van der Waals surface area contributed by atoms with Crippen LogP contribution in [0.2, 0.25) is 0 Å². The lowest BCUT2D eigenvalue weighted by molar-refractivity contribution is 0.0978. The van der Waals surface area contributed by atoms with Gasteiger partial charge < -0.3 is 4.98 Å². The van der Waals surface area contributed by atoms with Crippen LogP contribution in [0.25, 0.3) is 0 Å². The Labute approximate surface area is 92.1 Å². The molecule has 2 nitrogen and oxygen atoms in total. The van der Waals surface area contributed by atoms with Crippen molar-refractivity contribution < 1.29 is 4.79 Å². The standard InChI is InChI=1S/C13H21NO/c1-4-5-6-7-8-12(15)13-10(2)9-14-11(13)3/h9,14H,4-8H2,1-3H3. The van der Waals surface area contributed by atoms with E-state index in [-0.39, 0.29) is 0 Å². The second-order valence-electron chi connectivity index (χ2n) is 4.21. The second-order valence-corrected chi connectivity index (χ2v) is 4.21. The van der Waals surface area contributed by atoms with E-state index in [1.165, 1.54) is 19.3 Å². The van der Waals surface area contributed by atoms with Crippen LogP contribution in [0.3, 0.4) is 0 Å². The lowest BCUT2D eigenvalue weighted by Crippen LogP contribution is -2.01. The Balaban J connectivity index is 2.47. The number of rotatable bonds is 6. The Morgan fingerprint density at radius 1 is 1.27 bits per heavy atom. The van der Waals surface area contributed by atoms with Gasteiger partial charge >= 0.3 is 0 Å². The molecule has 0 spiro atoms. The molecule has 0 saturated carbocycles. The monoisotopic (exact) mass is 207 g/mol. The second kappa shape index (κ2) is 5.74. The highest BCUT2D eigenvalue weighted by Gasteiger charge is 2.12. The van der Waals surface area contributed by atoms with E-state index in [2.05, 4.69) is 11.9 Å². The predicted octanol–water partition coefficient (Wildman–Crippen LogP) is 3.78. The van der Waals surface area contributed by atoms with Crippen LogP contribution in [-0.2, 0) is 0 Å². The van der Waals surface area contributed by atoms with Crippen LogP contribution in [0, 0.1) is 13.8 Å². The van der Waals surface area contributed by atoms with Gasteiger partial charge in [-0.25, -0.2) is 0 Å². The number of carbonyl (C=O) groups excluding carboxylic acids is 1. The summed E-state index contributed by atoms with van der Waals surface area (Å²) in [5.41, 5.74) is 2.99. The Bertz CT molecular complexity index is 306. The van der Waals surface area contributed by atoms with E-state index in [1.54, 1.807) is 0 Å². The first-order chi connectivity index (χ1) is 7.16. The summed E-state index contributed by atoms with van der Waals surface area (Å²) in [6.07, 6.45) is 7.25. The Hall–Kier alpha value is -1.05. The van der Waals surface area contributed by atoms with Crippen molar-refractivity contribution in [3.05, 3.63) is 23.0 Å². The fourth-order valence-corrected chi connectivity index (χ4v) is 1.92. The molecule has 0 atom stereocenters. The van der Waals surface area contributed by atoms with Gasteiger partial charge in [0.25, 0.3) is 0 Å². The molecule has 0 unspecified atom stereocenters. The van der Waals surface area contributed by atoms with E-state index in [1.807, 2.05) is 20.0 Å². The van der Waals surface area contributed by atoms with Crippen molar-refractivity contribution in [2.45, 2.75) is 52.9 Å². The average molecular weight is 207 g/mol. The summed E-state index contributed by atoms with van der Waals surface area (Å²) in [6.45, 7) is 6.14. The van der Waals surface area contributed by atoms with Crippen molar-refractivity contribution in [1.29, 1.82) is 0 Å². The number of carbonyl (C=O) groups is 1. The fourth-order valence-electron chi connectivity index (χ4n) is 1.92. The SMILES string of the molecule is CCCCCCC(=O)c1c(C)c[nH]c1C. The van der Waals surface area contributed by atoms with E-state index in [0.29, 0.717) is 12.2 Å². The van der Waals surface area contributed by atoms with Crippen LogP contribution >= 0.6 is 0 Å². The Morgan fingerprint density at radius 3 is 2.53 bits per heavy atom. The van der Waals surface area contributed by atoms with Crippen LogP contribution in [0.4, 0.5) is 0 Å². The van der Waals surface area contributed by atoms with E-state index < -0.39 is 0 Å². The third-order valence-electron chi connectivity index (χ3n) is 2.81. The third kappa shape index (κ3) is 3.22. The van der Waals surface area contributed by atoms with Gasteiger partial charge in [0.15, 0.2) is 5.78 Å². The maximum atomic E-state index is 11.9. The number of aryl methyl sites for hydroxylation is 2. The number of hydrogen-bond donors (Lipinski definition) is 1. The van der Waals surface area contributed by atoms with Gasteiger partial charge in [0.1, 0.15) is 0 Å². The molecule has 2 heteroatoms. The number of aromatic amines is 1. The molecule has 0 aliphatic rings. The first kappa shape index (κ1) is 12.0. The van der Waals surface area contributed by atoms with Crippen LogP contribution < -0.4 is 0 Å². The lowest BCUT2D eigenvalue weighted by atomic mass is 10.0. The van der Waals surface area contributed by atoms with Crippen molar-refractivity contribution in [3.8, 4) is 0 Å². The van der Waals surface area contributed by atoms with Crippen LogP contribution in [-0.4, -0.2) is 10.8 Å². The number of unbranched alkanes of at least 4 members (excludes halogenated alkanes) is 3. The summed E-state index contributed by atoms with van der Waals surface area (Å²) in [5.74, 6) is 0.294. The molecule has 1 rings (SSSR count). The summed E-state index contributed by atoms with van der Waals surface area (Å²) in [5, 5.41) is 0. The molecule has 0 radical (unpaired) electrons. The normalized spacial score (nSPS) is 10.6. The maximum Gasteiger partial charge on any atom is 0.164 e. The molecule has 1 aromatic heterocycles. The van der Waals surface area contributed by atoms with Gasteiger partial charge in [-0.3, -0.25) is 4.79 Å². The number of nitrogens with one attached hydrogen (secondary N) is 1. The predicted molar refractivity (Wildman–Crippen MR) is 63.4 cm³/mol. The molecule has 15 heavy (non-hydrogen) atoms. The minimum atomic E-state index is 0.294. The van der Waals surface area contributed by atoms with E-state index >= 15 is 0 Å². The van der Waals surface area contributed by atoms with Gasteiger partial charge in [-0.1, -0.05) is 26.2 Å². The summed E-state index contributed by atoms with van der Waals surface area (Å²) < 4.78 is 0. The molecular formula is C13H21NO. The molecule has 0 saturated heterocycles. The molecule has 0 amide bonds. The highest BCUT2D eigenvalue weighted by atomic mass is 16.1. The quantitative estimate of drug-likeness (QED) is 0.558. The first-order valence-electron chi connectivity index (χ1n) is 5.84. The molecule has 0 bridgehead atoms. The average Bonchev–Trinajstić information content (AvgIpc) is 2.53. The molecule has 0 aliphatic heterocycles. The zero-order valence-corrected chi connectivity index (χ0v) is 10.0. The highest BCUT2D eigenvalue weighted by molar-refractivity contribution is 5.98. The summed E-state index contributed by atoms with van der Waals surface area (Å²) in [6, 6.07) is 0. The van der Waals surface area contributed by atoms with Crippen molar-refractivity contribution in [1.82, 2.24) is 4.98 Å². The molecule has 1 heterocycles. The fraction of sp³-hybridized carbons (Fsp3) is 0.615. The van der Waals surface area contributed by atoms with Crippen molar-refractivity contribution in [2.75, 3.05) is 0 Å². The Morgan fingerprint density at radius 2 is 2.00 bits per heavy atom. The third-order valence-corrected chi connectivity index (χ3v) is 2.81. The van der Waals surface area contributed by atoms with Crippen LogP contribution in [0.1, 0.15) is 60.6 Å². The lowest BCUT2D eigenvalue weighted by Gasteiger charge is -2.01. The first-order valence-corrected chi connectivity index (χ1v) is 5.84. The van der Waals surface area contributed by atoms with Gasteiger partial charge in [-0.05, 0) is 25.8 Å². The molecule has 0 fully saturated rings. The zero-order valence-electron chi connectivity index (χ0n) is 10.0. The van der Waals surface area contributed by atoms with E-state index in [4.69, 9.17) is 0 Å². The van der Waals surface area contributed by atoms with Crippen molar-refractivity contribution in [2.24, 2.45) is 0 Å². The number of ketones is 1. The van der Waals surface area contributed by atoms with Gasteiger partial charge in [0, 0.05) is 23.9 Å². The number of Topliss-reactive ketones (excluding diaryl/α,β-unsaturated/α-hetero) is 1. The van der Waals surface area contributed by atoms with Crippen molar-refractivity contribution >= 4 is 5.78 Å². The maximum absolute atomic E-state index is 11.9. The summed E-state index contributed by atoms with van der Waals surface area (Å²) in [4.78, 5) is 15.0. The molecule has 84 valence electrons. The van der Waals surface area contributed by atoms with Gasteiger partial charge in [0.05, 0.1) is 0 Å². The van der Waals surface area contributed by atoms with Crippen LogP contribution in [0.15, 0.2) is 6.20 Å². The molecule has 0 aliphatic carbocycles. The van der Waals surface area contributed by atoms with Gasteiger partial charge in [-0.15, -0.1) is 0 Å². The van der Waals surface area contributed by atoms with Crippen LogP contribution in [0.5, 0.6) is 0 Å². The molecule has 0 aromatic carbocycles. The van der Waals surface area contributed by atoms with Crippen molar-refractivity contribution in [3.63, 3.8) is 0 Å². The van der Waals surface area contributed by atoms with E-state index in [0.717, 1.165) is 23.2 Å². The molecule has 1 aromatic rings. The smallest absolute Gasteiger partial charge is 0.164 e. The Kier molecular flexibility index (Phi) is 4.60. The number of H-pyrrole nitrogens is 1. The van der Waals surface area contributed by atoms with Gasteiger partial charge in [-0.2, -0.15) is 0 Å². The minimum absolute atomic E-state index is 0.294. The minimum Gasteiger partial charge on any atom is -0.364 e. The summed E-state index contributed by atoms with van der Waals surface area (Å²) in [7, 11) is 0. The number of aromatic nitrogens is 1. The largest absolute Gasteiger partial charge is 0.364 e. The molecule has 1 N–H and O–H groups in total. The zero-order chi connectivity index (χ0) is 11.3.